The highest BCUT2D eigenvalue weighted by Gasteiger charge is 2.41. The largest absolute Gasteiger partial charge is 0.472 e. The van der Waals surface area contributed by atoms with E-state index in [1.54, 1.807) is 6.26 Å². The summed E-state index contributed by atoms with van der Waals surface area (Å²) < 4.78 is 10.7. The van der Waals surface area contributed by atoms with Gasteiger partial charge in [-0.25, -0.2) is 9.97 Å². The number of halogens is 1. The van der Waals surface area contributed by atoms with Crippen molar-refractivity contribution in [3.8, 4) is 0 Å². The third kappa shape index (κ3) is 3.03. The summed E-state index contributed by atoms with van der Waals surface area (Å²) >= 11 is 0. The van der Waals surface area contributed by atoms with Crippen molar-refractivity contribution < 1.29 is 9.15 Å². The van der Waals surface area contributed by atoms with E-state index in [4.69, 9.17) is 14.1 Å². The summed E-state index contributed by atoms with van der Waals surface area (Å²) in [6, 6.07) is 3.10. The molecule has 0 spiro atoms. The van der Waals surface area contributed by atoms with Gasteiger partial charge in [0.1, 0.15) is 0 Å². The Morgan fingerprint density at radius 2 is 2.08 bits per heavy atom. The van der Waals surface area contributed by atoms with E-state index in [1.807, 2.05) is 6.26 Å². The van der Waals surface area contributed by atoms with Gasteiger partial charge in [0, 0.05) is 55.5 Å². The van der Waals surface area contributed by atoms with Gasteiger partial charge in [0.15, 0.2) is 0 Å². The van der Waals surface area contributed by atoms with Gasteiger partial charge in [-0.05, 0) is 18.9 Å². The van der Waals surface area contributed by atoms with E-state index < -0.39 is 0 Å². The summed E-state index contributed by atoms with van der Waals surface area (Å²) in [5.74, 6) is 0.875. The summed E-state index contributed by atoms with van der Waals surface area (Å²) in [7, 11) is 0. The molecule has 0 amide bonds. The fourth-order valence-electron chi connectivity index (χ4n) is 4.32. The topological polar surface area (TPSA) is 54.6 Å². The van der Waals surface area contributed by atoms with Crippen LogP contribution in [0.2, 0.25) is 0 Å². The molecule has 3 aliphatic rings. The molecular weight excluding hydrogens is 340 g/mol. The lowest BCUT2D eigenvalue weighted by Gasteiger charge is -2.36. The molecule has 2 aromatic rings. The molecule has 3 aliphatic heterocycles. The molecule has 2 unspecified atom stereocenters. The van der Waals surface area contributed by atoms with Crippen molar-refractivity contribution in [2.75, 3.05) is 31.2 Å². The van der Waals surface area contributed by atoms with Crippen molar-refractivity contribution in [2.24, 2.45) is 0 Å². The second-order valence-electron chi connectivity index (χ2n) is 6.93. The Morgan fingerprint density at radius 1 is 1.20 bits per heavy atom. The summed E-state index contributed by atoms with van der Waals surface area (Å²) in [6.07, 6.45) is 9.16. The SMILES string of the molecule is Cl.c1cc(CN2C3CCC2c2cnc(N4CCOCC4)nc2C3)co1. The van der Waals surface area contributed by atoms with Gasteiger partial charge in [0.25, 0.3) is 0 Å². The molecule has 0 radical (unpaired) electrons. The first-order valence-electron chi connectivity index (χ1n) is 8.84. The molecule has 2 aromatic heterocycles. The van der Waals surface area contributed by atoms with Gasteiger partial charge in [-0.1, -0.05) is 0 Å². The first-order chi connectivity index (χ1) is 11.9. The van der Waals surface area contributed by atoms with Crippen LogP contribution in [0.5, 0.6) is 0 Å². The number of anilines is 1. The number of hydrogen-bond donors (Lipinski definition) is 0. The maximum Gasteiger partial charge on any atom is 0.225 e. The quantitative estimate of drug-likeness (QED) is 0.836. The van der Waals surface area contributed by atoms with E-state index in [9.17, 15) is 0 Å². The highest BCUT2D eigenvalue weighted by molar-refractivity contribution is 5.85. The molecule has 2 bridgehead atoms. The number of hydrogen-bond acceptors (Lipinski definition) is 6. The van der Waals surface area contributed by atoms with Gasteiger partial charge in [-0.2, -0.15) is 0 Å². The molecule has 2 atom stereocenters. The maximum absolute atomic E-state index is 5.43. The van der Waals surface area contributed by atoms with Crippen LogP contribution < -0.4 is 4.90 Å². The molecule has 6 nitrogen and oxygen atoms in total. The Labute approximate surface area is 153 Å². The lowest BCUT2D eigenvalue weighted by molar-refractivity contribution is 0.122. The fourth-order valence-corrected chi connectivity index (χ4v) is 4.32. The highest BCUT2D eigenvalue weighted by Crippen LogP contribution is 2.44. The Kier molecular flexibility index (Phi) is 4.67. The zero-order chi connectivity index (χ0) is 15.9. The number of morpholine rings is 1. The molecule has 0 N–H and O–H groups in total. The van der Waals surface area contributed by atoms with Crippen LogP contribution in [0.15, 0.2) is 29.2 Å². The van der Waals surface area contributed by atoms with E-state index in [0.717, 1.165) is 45.2 Å². The normalized spacial score (nSPS) is 25.5. The van der Waals surface area contributed by atoms with Gasteiger partial charge in [0.2, 0.25) is 5.95 Å². The van der Waals surface area contributed by atoms with Gasteiger partial charge in [0.05, 0.1) is 31.4 Å². The lowest BCUT2D eigenvalue weighted by atomic mass is 9.99. The Hall–Kier alpha value is -1.63. The number of fused-ring (bicyclic) bond motifs is 4. The van der Waals surface area contributed by atoms with Crippen molar-refractivity contribution >= 4 is 18.4 Å². The van der Waals surface area contributed by atoms with Crippen LogP contribution in [0, 0.1) is 0 Å². The van der Waals surface area contributed by atoms with Crippen LogP contribution >= 0.6 is 12.4 Å². The monoisotopic (exact) mass is 362 g/mol. The molecule has 2 fully saturated rings. The summed E-state index contributed by atoms with van der Waals surface area (Å²) in [4.78, 5) is 14.4. The molecule has 5 rings (SSSR count). The number of ether oxygens (including phenoxy) is 1. The van der Waals surface area contributed by atoms with Gasteiger partial charge < -0.3 is 14.1 Å². The molecule has 0 saturated carbocycles. The van der Waals surface area contributed by atoms with Crippen molar-refractivity contribution in [3.63, 3.8) is 0 Å². The van der Waals surface area contributed by atoms with E-state index in [0.29, 0.717) is 12.1 Å². The van der Waals surface area contributed by atoms with Gasteiger partial charge in [-0.15, -0.1) is 12.4 Å². The van der Waals surface area contributed by atoms with E-state index in [1.165, 1.54) is 29.7 Å². The van der Waals surface area contributed by atoms with Crippen LogP contribution in [0.3, 0.4) is 0 Å². The maximum atomic E-state index is 5.43. The summed E-state index contributed by atoms with van der Waals surface area (Å²) in [5.41, 5.74) is 3.83. The minimum Gasteiger partial charge on any atom is -0.472 e. The smallest absolute Gasteiger partial charge is 0.225 e. The second kappa shape index (κ2) is 6.94. The van der Waals surface area contributed by atoms with Crippen LogP contribution in [-0.4, -0.2) is 47.2 Å². The Bertz CT molecular complexity index is 718. The molecular formula is C18H23ClN4O2. The third-order valence-electron chi connectivity index (χ3n) is 5.56. The van der Waals surface area contributed by atoms with Gasteiger partial charge >= 0.3 is 0 Å². The van der Waals surface area contributed by atoms with Crippen LogP contribution in [0.25, 0.3) is 0 Å². The Morgan fingerprint density at radius 3 is 2.88 bits per heavy atom. The van der Waals surface area contributed by atoms with E-state index in [2.05, 4.69) is 27.0 Å². The van der Waals surface area contributed by atoms with Gasteiger partial charge in [-0.3, -0.25) is 4.90 Å². The molecule has 5 heterocycles. The molecule has 0 aliphatic carbocycles. The predicted octanol–water partition coefficient (Wildman–Crippen LogP) is 2.59. The van der Waals surface area contributed by atoms with Crippen LogP contribution in [0.4, 0.5) is 5.95 Å². The number of aromatic nitrogens is 2. The average molecular weight is 363 g/mol. The minimum absolute atomic E-state index is 0. The second-order valence-corrected chi connectivity index (χ2v) is 6.93. The van der Waals surface area contributed by atoms with Crippen molar-refractivity contribution in [3.05, 3.63) is 41.6 Å². The third-order valence-corrected chi connectivity index (χ3v) is 5.56. The predicted molar refractivity (Wildman–Crippen MR) is 96.0 cm³/mol. The zero-order valence-electron chi connectivity index (χ0n) is 14.1. The van der Waals surface area contributed by atoms with Crippen LogP contribution in [0.1, 0.15) is 35.7 Å². The molecule has 2 saturated heterocycles. The number of nitrogens with zero attached hydrogens (tertiary/aromatic N) is 4. The van der Waals surface area contributed by atoms with E-state index in [-0.39, 0.29) is 12.4 Å². The van der Waals surface area contributed by atoms with E-state index >= 15 is 0 Å². The standard InChI is InChI=1S/C18H22N4O2.ClH/c1-2-17-15-10-19-18(21-4-7-23-8-5-21)20-16(15)9-14(1)22(17)11-13-3-6-24-12-13;/h3,6,10,12,14,17H,1-2,4-5,7-9,11H2;1H. The molecule has 7 heteroatoms. The Balaban J connectivity index is 0.00000157. The molecule has 25 heavy (non-hydrogen) atoms. The number of rotatable bonds is 3. The first kappa shape index (κ1) is 16.8. The zero-order valence-corrected chi connectivity index (χ0v) is 15.0. The summed E-state index contributed by atoms with van der Waals surface area (Å²) in [6.45, 7) is 4.27. The van der Waals surface area contributed by atoms with Crippen molar-refractivity contribution in [1.29, 1.82) is 0 Å². The lowest BCUT2D eigenvalue weighted by Crippen LogP contribution is -2.40. The summed E-state index contributed by atoms with van der Waals surface area (Å²) in [5, 5.41) is 0. The fraction of sp³-hybridized carbons (Fsp3) is 0.556. The molecule has 0 aromatic carbocycles. The minimum atomic E-state index is 0. The van der Waals surface area contributed by atoms with Crippen molar-refractivity contribution in [1.82, 2.24) is 14.9 Å². The molecule has 134 valence electrons. The number of furan rings is 1. The average Bonchev–Trinajstić information content (AvgIpc) is 3.23. The highest BCUT2D eigenvalue weighted by atomic mass is 35.5. The first-order valence-corrected chi connectivity index (χ1v) is 8.84. The van der Waals surface area contributed by atoms with Crippen LogP contribution in [-0.2, 0) is 17.7 Å². The van der Waals surface area contributed by atoms with Crippen molar-refractivity contribution in [2.45, 2.75) is 37.9 Å².